The highest BCUT2D eigenvalue weighted by atomic mass is 35.5. The van der Waals surface area contributed by atoms with Crippen LogP contribution in [0.1, 0.15) is 12.8 Å². The third-order valence-electron chi connectivity index (χ3n) is 3.14. The molecule has 1 heterocycles. The van der Waals surface area contributed by atoms with Gasteiger partial charge in [-0.05, 0) is 37.1 Å². The minimum Gasteiger partial charge on any atom is -0.381 e. The fraction of sp³-hybridized carbons (Fsp3) is 0.429. The van der Waals surface area contributed by atoms with Crippen molar-refractivity contribution >= 4 is 29.1 Å². The van der Waals surface area contributed by atoms with Gasteiger partial charge in [0.05, 0.1) is 6.54 Å². The topological polar surface area (TPSA) is 67.4 Å². The number of benzene rings is 1. The SMILES string of the molecule is O=C(CNC(=O)C1CCOCC1)Nc1ccc(Cl)cc1. The van der Waals surface area contributed by atoms with Crippen LogP contribution in [0.4, 0.5) is 5.69 Å². The summed E-state index contributed by atoms with van der Waals surface area (Å²) >= 11 is 5.76. The molecule has 0 unspecified atom stereocenters. The number of carbonyl (C=O) groups is 2. The standard InChI is InChI=1S/C14H17ClN2O3/c15-11-1-3-12(4-2-11)17-13(18)9-16-14(19)10-5-7-20-8-6-10/h1-4,10H,5-9H2,(H,16,19)(H,17,18). The van der Waals surface area contributed by atoms with E-state index < -0.39 is 0 Å². The molecule has 5 nitrogen and oxygen atoms in total. The lowest BCUT2D eigenvalue weighted by Crippen LogP contribution is -2.38. The first kappa shape index (κ1) is 14.8. The van der Waals surface area contributed by atoms with Gasteiger partial charge in [0.15, 0.2) is 0 Å². The summed E-state index contributed by atoms with van der Waals surface area (Å²) in [7, 11) is 0. The fourth-order valence-electron chi connectivity index (χ4n) is 2.01. The van der Waals surface area contributed by atoms with Gasteiger partial charge in [-0.15, -0.1) is 0 Å². The van der Waals surface area contributed by atoms with Crippen LogP contribution >= 0.6 is 11.6 Å². The van der Waals surface area contributed by atoms with E-state index in [1.807, 2.05) is 0 Å². The van der Waals surface area contributed by atoms with Crippen molar-refractivity contribution in [3.63, 3.8) is 0 Å². The number of rotatable bonds is 4. The zero-order valence-corrected chi connectivity index (χ0v) is 11.8. The predicted molar refractivity (Wildman–Crippen MR) is 76.6 cm³/mol. The molecular formula is C14H17ClN2O3. The molecule has 1 aromatic rings. The second-order valence-electron chi connectivity index (χ2n) is 4.66. The maximum absolute atomic E-state index is 11.8. The summed E-state index contributed by atoms with van der Waals surface area (Å²) in [6.45, 7) is 1.18. The Morgan fingerprint density at radius 1 is 1.20 bits per heavy atom. The molecule has 0 radical (unpaired) electrons. The van der Waals surface area contributed by atoms with Gasteiger partial charge < -0.3 is 15.4 Å². The monoisotopic (exact) mass is 296 g/mol. The molecule has 108 valence electrons. The van der Waals surface area contributed by atoms with Gasteiger partial charge in [-0.2, -0.15) is 0 Å². The third kappa shape index (κ3) is 4.51. The maximum Gasteiger partial charge on any atom is 0.243 e. The molecule has 0 spiro atoms. The van der Waals surface area contributed by atoms with E-state index in [1.54, 1.807) is 24.3 Å². The number of ether oxygens (including phenoxy) is 1. The molecule has 2 N–H and O–H groups in total. The van der Waals surface area contributed by atoms with Crippen LogP contribution in [0.3, 0.4) is 0 Å². The highest BCUT2D eigenvalue weighted by Gasteiger charge is 2.21. The average molecular weight is 297 g/mol. The molecular weight excluding hydrogens is 280 g/mol. The van der Waals surface area contributed by atoms with Gasteiger partial charge in [-0.25, -0.2) is 0 Å². The highest BCUT2D eigenvalue weighted by molar-refractivity contribution is 6.30. The first-order valence-electron chi connectivity index (χ1n) is 6.56. The molecule has 1 fully saturated rings. The number of anilines is 1. The Bertz CT molecular complexity index is 470. The van der Waals surface area contributed by atoms with E-state index >= 15 is 0 Å². The Morgan fingerprint density at radius 3 is 2.50 bits per heavy atom. The number of halogens is 1. The largest absolute Gasteiger partial charge is 0.381 e. The van der Waals surface area contributed by atoms with E-state index in [0.29, 0.717) is 36.8 Å². The summed E-state index contributed by atoms with van der Waals surface area (Å²) in [5.41, 5.74) is 0.653. The quantitative estimate of drug-likeness (QED) is 0.890. The molecule has 1 aromatic carbocycles. The molecule has 1 saturated heterocycles. The molecule has 0 saturated carbocycles. The molecule has 2 rings (SSSR count). The summed E-state index contributed by atoms with van der Waals surface area (Å²) in [5, 5.41) is 5.95. The average Bonchev–Trinajstić information content (AvgIpc) is 2.48. The van der Waals surface area contributed by atoms with Gasteiger partial charge in [-0.1, -0.05) is 11.6 Å². The molecule has 0 atom stereocenters. The van der Waals surface area contributed by atoms with E-state index in [1.165, 1.54) is 0 Å². The summed E-state index contributed by atoms with van der Waals surface area (Å²) in [6, 6.07) is 6.80. The number of amides is 2. The Hall–Kier alpha value is -1.59. The zero-order valence-electron chi connectivity index (χ0n) is 11.0. The van der Waals surface area contributed by atoms with Crippen LogP contribution in [-0.2, 0) is 14.3 Å². The van der Waals surface area contributed by atoms with Gasteiger partial charge in [0.1, 0.15) is 0 Å². The van der Waals surface area contributed by atoms with Crippen LogP contribution in [0.25, 0.3) is 0 Å². The van der Waals surface area contributed by atoms with E-state index in [2.05, 4.69) is 10.6 Å². The van der Waals surface area contributed by atoms with Crippen molar-refractivity contribution < 1.29 is 14.3 Å². The van der Waals surface area contributed by atoms with E-state index in [-0.39, 0.29) is 24.3 Å². The lowest BCUT2D eigenvalue weighted by Gasteiger charge is -2.21. The fourth-order valence-corrected chi connectivity index (χ4v) is 2.14. The van der Waals surface area contributed by atoms with Crippen LogP contribution in [0.2, 0.25) is 5.02 Å². The van der Waals surface area contributed by atoms with Crippen LogP contribution in [0.15, 0.2) is 24.3 Å². The van der Waals surface area contributed by atoms with Crippen molar-refractivity contribution in [2.24, 2.45) is 5.92 Å². The van der Waals surface area contributed by atoms with Crippen LogP contribution in [0.5, 0.6) is 0 Å². The maximum atomic E-state index is 11.8. The summed E-state index contributed by atoms with van der Waals surface area (Å²) in [6.07, 6.45) is 1.43. The van der Waals surface area contributed by atoms with E-state index in [0.717, 1.165) is 0 Å². The first-order chi connectivity index (χ1) is 9.65. The van der Waals surface area contributed by atoms with Gasteiger partial charge in [-0.3, -0.25) is 9.59 Å². The zero-order chi connectivity index (χ0) is 14.4. The van der Waals surface area contributed by atoms with Gasteiger partial charge in [0, 0.05) is 29.8 Å². The molecule has 1 aliphatic heterocycles. The van der Waals surface area contributed by atoms with Crippen LogP contribution in [0, 0.1) is 5.92 Å². The van der Waals surface area contributed by atoms with Crippen LogP contribution in [-0.4, -0.2) is 31.6 Å². The molecule has 6 heteroatoms. The minimum absolute atomic E-state index is 0.0290. The molecule has 0 bridgehead atoms. The Kier molecular flexibility index (Phi) is 5.38. The number of hydrogen-bond acceptors (Lipinski definition) is 3. The molecule has 20 heavy (non-hydrogen) atoms. The Balaban J connectivity index is 1.74. The molecule has 0 aromatic heterocycles. The van der Waals surface area contributed by atoms with Crippen molar-refractivity contribution in [2.75, 3.05) is 25.1 Å². The number of nitrogens with one attached hydrogen (secondary N) is 2. The summed E-state index contributed by atoms with van der Waals surface area (Å²) in [5.74, 6) is -0.389. The lowest BCUT2D eigenvalue weighted by molar-refractivity contribution is -0.129. The summed E-state index contributed by atoms with van der Waals surface area (Å²) in [4.78, 5) is 23.5. The number of hydrogen-bond donors (Lipinski definition) is 2. The molecule has 1 aliphatic rings. The second kappa shape index (κ2) is 7.26. The van der Waals surface area contributed by atoms with Gasteiger partial charge in [0.25, 0.3) is 0 Å². The van der Waals surface area contributed by atoms with Crippen molar-refractivity contribution in [1.82, 2.24) is 5.32 Å². The van der Waals surface area contributed by atoms with Crippen molar-refractivity contribution in [2.45, 2.75) is 12.8 Å². The highest BCUT2D eigenvalue weighted by Crippen LogP contribution is 2.15. The van der Waals surface area contributed by atoms with E-state index in [9.17, 15) is 9.59 Å². The van der Waals surface area contributed by atoms with Crippen LogP contribution < -0.4 is 10.6 Å². The molecule has 0 aliphatic carbocycles. The first-order valence-corrected chi connectivity index (χ1v) is 6.94. The van der Waals surface area contributed by atoms with Crippen molar-refractivity contribution in [1.29, 1.82) is 0 Å². The molecule has 2 amide bonds. The predicted octanol–water partition coefficient (Wildman–Crippen LogP) is 1.82. The Labute approximate surface area is 122 Å². The van der Waals surface area contributed by atoms with Gasteiger partial charge >= 0.3 is 0 Å². The number of carbonyl (C=O) groups excluding carboxylic acids is 2. The normalized spacial score (nSPS) is 15.7. The lowest BCUT2D eigenvalue weighted by atomic mass is 9.99. The second-order valence-corrected chi connectivity index (χ2v) is 5.10. The van der Waals surface area contributed by atoms with E-state index in [4.69, 9.17) is 16.3 Å². The third-order valence-corrected chi connectivity index (χ3v) is 3.40. The Morgan fingerprint density at radius 2 is 1.85 bits per heavy atom. The summed E-state index contributed by atoms with van der Waals surface area (Å²) < 4.78 is 5.19. The van der Waals surface area contributed by atoms with Gasteiger partial charge in [0.2, 0.25) is 11.8 Å². The smallest absolute Gasteiger partial charge is 0.243 e. The minimum atomic E-state index is -0.257. The van der Waals surface area contributed by atoms with Crippen molar-refractivity contribution in [3.8, 4) is 0 Å². The van der Waals surface area contributed by atoms with Crippen molar-refractivity contribution in [3.05, 3.63) is 29.3 Å².